The minimum Gasteiger partial charge on any atom is -0.391 e. The van der Waals surface area contributed by atoms with Gasteiger partial charge in [-0.1, -0.05) is 175 Å². The van der Waals surface area contributed by atoms with Gasteiger partial charge < -0.3 is 19.8 Å². The van der Waals surface area contributed by atoms with E-state index in [1.54, 1.807) is 0 Å². The van der Waals surface area contributed by atoms with E-state index in [4.69, 9.17) is 9.05 Å². The fraction of sp³-hybridized carbons (Fsp3) is 0.660. The average molecular weight is 844 g/mol. The zero-order chi connectivity index (χ0) is 43.6. The Bertz CT molecular complexity index is 1280. The lowest BCUT2D eigenvalue weighted by molar-refractivity contribution is -0.870. The third-order valence-electron chi connectivity index (χ3n) is 9.60. The number of carbonyl (C=O) groups excluding carboxylic acids is 1. The number of hydrogen-bond donors (Lipinski definition) is 3. The predicted octanol–water partition coefficient (Wildman–Crippen LogP) is 13.1. The summed E-state index contributed by atoms with van der Waals surface area (Å²) in [7, 11) is 1.58. The molecule has 0 heterocycles. The van der Waals surface area contributed by atoms with Crippen molar-refractivity contribution in [3.05, 3.63) is 97.2 Å². The number of phosphoric acid groups is 1. The first-order valence-corrected chi connectivity index (χ1v) is 24.6. The van der Waals surface area contributed by atoms with E-state index >= 15 is 0 Å². The topological polar surface area (TPSA) is 105 Å². The Kier molecular flexibility index (Phi) is 39.0. The minimum absolute atomic E-state index is 0.0632. The first-order chi connectivity index (χ1) is 28.5. The van der Waals surface area contributed by atoms with Crippen molar-refractivity contribution < 1.29 is 32.9 Å². The molecule has 59 heavy (non-hydrogen) atoms. The summed E-state index contributed by atoms with van der Waals surface area (Å²) in [6.45, 7) is 4.68. The number of aliphatic hydroxyl groups is 1. The van der Waals surface area contributed by atoms with Gasteiger partial charge in [0, 0.05) is 6.42 Å². The van der Waals surface area contributed by atoms with Crippen molar-refractivity contribution in [1.82, 2.24) is 5.32 Å². The molecule has 0 aromatic rings. The monoisotopic (exact) mass is 844 g/mol. The number of phosphoric ester groups is 1. The molecule has 338 valence electrons. The molecule has 8 nitrogen and oxygen atoms in total. The van der Waals surface area contributed by atoms with Crippen LogP contribution < -0.4 is 5.32 Å². The van der Waals surface area contributed by atoms with Crippen LogP contribution in [0.5, 0.6) is 0 Å². The Hall–Kier alpha value is -2.58. The molecule has 0 aliphatic heterocycles. The second-order valence-corrected chi connectivity index (χ2v) is 17.9. The number of amides is 1. The fourth-order valence-corrected chi connectivity index (χ4v) is 6.68. The van der Waals surface area contributed by atoms with E-state index < -0.39 is 20.0 Å². The Balaban J connectivity index is 4.24. The molecule has 3 N–H and O–H groups in total. The third kappa shape index (κ3) is 43.3. The van der Waals surface area contributed by atoms with Crippen LogP contribution in [-0.2, 0) is 18.4 Å². The second-order valence-electron chi connectivity index (χ2n) is 16.4. The first kappa shape index (κ1) is 56.4. The molecule has 0 aromatic heterocycles. The molecule has 0 aliphatic carbocycles. The molecular formula is C50H88N2O6P+. The van der Waals surface area contributed by atoms with Crippen LogP contribution >= 0.6 is 7.82 Å². The maximum Gasteiger partial charge on any atom is 0.472 e. The molecule has 0 rings (SSSR count). The molecule has 3 unspecified atom stereocenters. The summed E-state index contributed by atoms with van der Waals surface area (Å²) in [5.74, 6) is -0.178. The number of likely N-dealkylation sites (N-methyl/N-ethyl adjacent to an activating group) is 1. The SMILES string of the molecule is CC/C=C\C/C=C\C/C=C\C/C=C\C/C=C\C/C=C\C/C=C\C/C=C\CCCCCCC(=O)NC(COP(=O)(O)OCC[N+](C)(C)C)C(O)CCCCCCCCCC. The van der Waals surface area contributed by atoms with E-state index in [9.17, 15) is 19.4 Å². The smallest absolute Gasteiger partial charge is 0.391 e. The molecule has 3 atom stereocenters. The van der Waals surface area contributed by atoms with Gasteiger partial charge in [0.05, 0.1) is 39.9 Å². The van der Waals surface area contributed by atoms with Crippen molar-refractivity contribution in [2.75, 3.05) is 40.9 Å². The lowest BCUT2D eigenvalue weighted by Crippen LogP contribution is -2.46. The summed E-state index contributed by atoms with van der Waals surface area (Å²) < 4.78 is 23.5. The van der Waals surface area contributed by atoms with Gasteiger partial charge in [0.2, 0.25) is 5.91 Å². The third-order valence-corrected chi connectivity index (χ3v) is 10.6. The summed E-state index contributed by atoms with van der Waals surface area (Å²) in [4.78, 5) is 23.1. The van der Waals surface area contributed by atoms with Crippen molar-refractivity contribution in [3.8, 4) is 0 Å². The number of nitrogens with zero attached hydrogens (tertiary/aromatic N) is 1. The molecule has 0 bridgehead atoms. The van der Waals surface area contributed by atoms with E-state index in [1.807, 2.05) is 21.1 Å². The molecule has 0 aliphatic rings. The average Bonchev–Trinajstić information content (AvgIpc) is 3.19. The molecule has 1 amide bonds. The van der Waals surface area contributed by atoms with Crippen LogP contribution in [-0.4, -0.2) is 73.4 Å². The summed E-state index contributed by atoms with van der Waals surface area (Å²) in [6.07, 6.45) is 57.4. The van der Waals surface area contributed by atoms with Gasteiger partial charge in [-0.05, 0) is 77.0 Å². The van der Waals surface area contributed by atoms with Crippen LogP contribution in [0.2, 0.25) is 0 Å². The maximum absolute atomic E-state index is 12.8. The van der Waals surface area contributed by atoms with Crippen LogP contribution in [0.4, 0.5) is 0 Å². The van der Waals surface area contributed by atoms with Gasteiger partial charge >= 0.3 is 7.82 Å². The number of hydrogen-bond acceptors (Lipinski definition) is 5. The van der Waals surface area contributed by atoms with E-state index in [0.717, 1.165) is 103 Å². The Labute approximate surface area is 362 Å². The van der Waals surface area contributed by atoms with E-state index in [1.165, 1.54) is 32.1 Å². The highest BCUT2D eigenvalue weighted by molar-refractivity contribution is 7.47. The molecule has 0 aromatic carbocycles. The number of aliphatic hydroxyl groups excluding tert-OH is 1. The van der Waals surface area contributed by atoms with Gasteiger partial charge in [-0.2, -0.15) is 0 Å². The normalized spacial score (nSPS) is 15.2. The molecule has 0 saturated heterocycles. The van der Waals surface area contributed by atoms with Crippen LogP contribution in [0, 0.1) is 0 Å². The largest absolute Gasteiger partial charge is 0.472 e. The van der Waals surface area contributed by atoms with Crippen molar-refractivity contribution >= 4 is 13.7 Å². The van der Waals surface area contributed by atoms with E-state index in [0.29, 0.717) is 23.9 Å². The van der Waals surface area contributed by atoms with Crippen molar-refractivity contribution in [3.63, 3.8) is 0 Å². The zero-order valence-corrected chi connectivity index (χ0v) is 39.1. The van der Waals surface area contributed by atoms with Gasteiger partial charge in [-0.25, -0.2) is 4.57 Å². The molecule has 9 heteroatoms. The Morgan fingerprint density at radius 2 is 1.02 bits per heavy atom. The fourth-order valence-electron chi connectivity index (χ4n) is 5.94. The summed E-state index contributed by atoms with van der Waals surface area (Å²) >= 11 is 0. The number of carbonyl (C=O) groups is 1. The second kappa shape index (κ2) is 40.8. The highest BCUT2D eigenvalue weighted by Crippen LogP contribution is 2.43. The van der Waals surface area contributed by atoms with Gasteiger partial charge in [0.1, 0.15) is 13.2 Å². The number of nitrogens with one attached hydrogen (secondary N) is 1. The summed E-state index contributed by atoms with van der Waals surface area (Å²) in [5, 5.41) is 13.8. The number of allylic oxidation sites excluding steroid dienone is 16. The van der Waals surface area contributed by atoms with Crippen molar-refractivity contribution in [2.45, 2.75) is 174 Å². The van der Waals surface area contributed by atoms with E-state index in [-0.39, 0.29) is 19.1 Å². The highest BCUT2D eigenvalue weighted by Gasteiger charge is 2.28. The molecule has 0 spiro atoms. The van der Waals surface area contributed by atoms with Crippen LogP contribution in [0.3, 0.4) is 0 Å². The molecular weight excluding hydrogens is 756 g/mol. The predicted molar refractivity (Wildman–Crippen MR) is 253 cm³/mol. The molecule has 0 radical (unpaired) electrons. The van der Waals surface area contributed by atoms with Crippen molar-refractivity contribution in [2.24, 2.45) is 0 Å². The summed E-state index contributed by atoms with van der Waals surface area (Å²) in [6, 6.07) is -0.778. The standard InChI is InChI=1S/C50H87N2O6P/c1-6-8-10-12-14-16-17-18-19-20-21-22-23-24-25-26-27-28-29-30-31-32-33-34-35-36-38-40-42-44-50(54)51-48(47-58-59(55,56)57-46-45-52(3,4)5)49(53)43-41-39-37-15-13-11-9-7-2/h8,10,14,16,18-19,21-22,24-25,27-28,30-31,33-34,48-49,53H,6-7,9,11-13,15,17,20,23,26,29,32,35-47H2,1-5H3,(H-,51,54,55,56)/p+1/b10-8-,16-14-,19-18-,22-21-,25-24-,28-27-,31-30-,34-33-. The van der Waals surface area contributed by atoms with Gasteiger partial charge in [-0.15, -0.1) is 0 Å². The van der Waals surface area contributed by atoms with Gasteiger partial charge in [-0.3, -0.25) is 13.8 Å². The van der Waals surface area contributed by atoms with Gasteiger partial charge in [0.25, 0.3) is 0 Å². The highest BCUT2D eigenvalue weighted by atomic mass is 31.2. The van der Waals surface area contributed by atoms with Crippen molar-refractivity contribution in [1.29, 1.82) is 0 Å². The molecule has 0 fully saturated rings. The maximum atomic E-state index is 12.8. The zero-order valence-electron chi connectivity index (χ0n) is 38.2. The van der Waals surface area contributed by atoms with Crippen LogP contribution in [0.15, 0.2) is 97.2 Å². The van der Waals surface area contributed by atoms with Crippen LogP contribution in [0.25, 0.3) is 0 Å². The lowest BCUT2D eigenvalue weighted by atomic mass is 10.0. The number of rotatable bonds is 40. The van der Waals surface area contributed by atoms with Crippen LogP contribution in [0.1, 0.15) is 162 Å². The Morgan fingerprint density at radius 3 is 1.49 bits per heavy atom. The lowest BCUT2D eigenvalue weighted by Gasteiger charge is -2.26. The van der Waals surface area contributed by atoms with E-state index in [2.05, 4.69) is 116 Å². The number of unbranched alkanes of at least 4 members (excludes halogenated alkanes) is 11. The van der Waals surface area contributed by atoms with Gasteiger partial charge in [0.15, 0.2) is 0 Å². The summed E-state index contributed by atoms with van der Waals surface area (Å²) in [5.41, 5.74) is 0. The minimum atomic E-state index is -4.32. The quantitative estimate of drug-likeness (QED) is 0.0246. The molecule has 0 saturated carbocycles. The number of quaternary nitrogens is 1. The Morgan fingerprint density at radius 1 is 0.593 bits per heavy atom. The first-order valence-electron chi connectivity index (χ1n) is 23.1.